The van der Waals surface area contributed by atoms with Crippen LogP contribution in [0.15, 0.2) is 0 Å². The van der Waals surface area contributed by atoms with Gasteiger partial charge < -0.3 is 0 Å². The maximum absolute atomic E-state index is 2.83. The minimum atomic E-state index is -1.81. The van der Waals surface area contributed by atoms with Crippen molar-refractivity contribution in [2.45, 2.75) is 87.9 Å². The zero-order valence-electron chi connectivity index (χ0n) is 12.5. The van der Waals surface area contributed by atoms with E-state index in [1.165, 1.54) is 44.9 Å². The fourth-order valence-corrected chi connectivity index (χ4v) is 25.5. The first-order valence-electron chi connectivity index (χ1n) is 7.80. The second-order valence-corrected chi connectivity index (χ2v) is 24.5. The Labute approximate surface area is 128 Å². The SMILES string of the molecule is CCC[CH2][Sn]([CH2]CCC)([CH2]CCC)[CH](I)CC. The molecule has 0 amide bonds. The number of unbranched alkanes of at least 4 members (excludes halogenated alkanes) is 3. The molecule has 0 heterocycles. The number of rotatable bonds is 11. The van der Waals surface area contributed by atoms with Crippen LogP contribution in [-0.2, 0) is 0 Å². The summed E-state index contributed by atoms with van der Waals surface area (Å²) in [6.07, 6.45) is 10.2. The van der Waals surface area contributed by atoms with Gasteiger partial charge >= 0.3 is 129 Å². The van der Waals surface area contributed by atoms with Crippen LogP contribution in [0.2, 0.25) is 13.3 Å². The van der Waals surface area contributed by atoms with Crippen LogP contribution in [0, 0.1) is 0 Å². The van der Waals surface area contributed by atoms with Gasteiger partial charge in [0.05, 0.1) is 0 Å². The Balaban J connectivity index is 4.63. The third-order valence-electron chi connectivity index (χ3n) is 4.11. The summed E-state index contributed by atoms with van der Waals surface area (Å²) in [6.45, 7) is 9.52. The first-order chi connectivity index (χ1) is 8.16. The van der Waals surface area contributed by atoms with Crippen LogP contribution in [0.25, 0.3) is 0 Å². The van der Waals surface area contributed by atoms with Crippen molar-refractivity contribution in [3.63, 3.8) is 0 Å². The predicted octanol–water partition coefficient (Wildman–Crippen LogP) is 6.59. The monoisotopic (exact) mass is 460 g/mol. The van der Waals surface area contributed by atoms with Gasteiger partial charge in [0.2, 0.25) is 0 Å². The van der Waals surface area contributed by atoms with Crippen LogP contribution in [0.3, 0.4) is 0 Å². The summed E-state index contributed by atoms with van der Waals surface area (Å²) < 4.78 is 6.11. The van der Waals surface area contributed by atoms with Crippen molar-refractivity contribution >= 4 is 41.0 Å². The summed E-state index contributed by atoms with van der Waals surface area (Å²) in [7, 11) is 0. The summed E-state index contributed by atoms with van der Waals surface area (Å²) in [5, 5.41) is 0. The second kappa shape index (κ2) is 11.4. The summed E-state index contributed by atoms with van der Waals surface area (Å²) in [6, 6.07) is 0. The van der Waals surface area contributed by atoms with Gasteiger partial charge in [0.15, 0.2) is 0 Å². The van der Waals surface area contributed by atoms with Gasteiger partial charge in [-0.3, -0.25) is 0 Å². The molecular weight excluding hydrogens is 426 g/mol. The van der Waals surface area contributed by atoms with Gasteiger partial charge in [0, 0.05) is 0 Å². The van der Waals surface area contributed by atoms with Gasteiger partial charge in [-0.1, -0.05) is 0 Å². The van der Waals surface area contributed by atoms with Crippen molar-refractivity contribution in [1.29, 1.82) is 0 Å². The van der Waals surface area contributed by atoms with Crippen molar-refractivity contribution in [3.05, 3.63) is 0 Å². The number of hydrogen-bond acceptors (Lipinski definition) is 0. The van der Waals surface area contributed by atoms with Gasteiger partial charge in [-0.05, 0) is 0 Å². The van der Waals surface area contributed by atoms with Crippen LogP contribution >= 0.6 is 22.6 Å². The molecule has 0 aliphatic heterocycles. The van der Waals surface area contributed by atoms with Gasteiger partial charge in [0.25, 0.3) is 0 Å². The van der Waals surface area contributed by atoms with Crippen molar-refractivity contribution < 1.29 is 0 Å². The van der Waals surface area contributed by atoms with Crippen LogP contribution in [-0.4, -0.2) is 20.3 Å². The molecule has 0 aliphatic carbocycles. The Kier molecular flexibility index (Phi) is 12.4. The van der Waals surface area contributed by atoms with Crippen molar-refractivity contribution in [1.82, 2.24) is 0 Å². The molecule has 0 aromatic heterocycles. The average molecular weight is 459 g/mol. The number of halogens is 1. The quantitative estimate of drug-likeness (QED) is 0.186. The number of hydrogen-bond donors (Lipinski definition) is 0. The fourth-order valence-electron chi connectivity index (χ4n) is 2.86. The van der Waals surface area contributed by atoms with Gasteiger partial charge in [-0.25, -0.2) is 0 Å². The molecule has 0 aliphatic rings. The Morgan fingerprint density at radius 1 is 0.765 bits per heavy atom. The van der Waals surface area contributed by atoms with Crippen molar-refractivity contribution in [2.24, 2.45) is 0 Å². The normalized spacial score (nSPS) is 13.9. The molecule has 0 rings (SSSR count). The van der Waals surface area contributed by atoms with Gasteiger partial charge in [-0.2, -0.15) is 0 Å². The summed E-state index contributed by atoms with van der Waals surface area (Å²) >= 11 is 1.03. The van der Waals surface area contributed by atoms with Crippen LogP contribution < -0.4 is 0 Å². The molecule has 2 heteroatoms. The predicted molar refractivity (Wildman–Crippen MR) is 93.0 cm³/mol. The molecule has 17 heavy (non-hydrogen) atoms. The van der Waals surface area contributed by atoms with E-state index in [0.717, 1.165) is 1.94 Å². The van der Waals surface area contributed by atoms with E-state index in [9.17, 15) is 0 Å². The molecule has 0 aromatic rings. The zero-order chi connectivity index (χ0) is 13.1. The van der Waals surface area contributed by atoms with Crippen LogP contribution in [0.4, 0.5) is 0 Å². The van der Waals surface area contributed by atoms with E-state index in [0.29, 0.717) is 0 Å². The molecule has 1 atom stereocenters. The standard InChI is InChI=1S/3C4H9.C3H6I.Sn/c3*1-3-4-2;1-2-3-4;/h3*1,3-4H2,2H3;3H,2H2,1H3;. The summed E-state index contributed by atoms with van der Waals surface area (Å²) in [4.78, 5) is 0. The maximum atomic E-state index is 2.83. The third-order valence-corrected chi connectivity index (χ3v) is 30.4. The first-order valence-corrected chi connectivity index (χ1v) is 16.8. The van der Waals surface area contributed by atoms with E-state index in [4.69, 9.17) is 0 Å². The molecule has 0 fully saturated rings. The van der Waals surface area contributed by atoms with Gasteiger partial charge in [-0.15, -0.1) is 0 Å². The molecule has 0 spiro atoms. The molecular formula is C15H33ISn. The van der Waals surface area contributed by atoms with Gasteiger partial charge in [0.1, 0.15) is 0 Å². The van der Waals surface area contributed by atoms with Crippen molar-refractivity contribution in [3.8, 4) is 0 Å². The van der Waals surface area contributed by atoms with Crippen LogP contribution in [0.1, 0.15) is 72.6 Å². The van der Waals surface area contributed by atoms with Crippen molar-refractivity contribution in [2.75, 3.05) is 0 Å². The fraction of sp³-hybridized carbons (Fsp3) is 1.00. The topological polar surface area (TPSA) is 0 Å². The van der Waals surface area contributed by atoms with E-state index in [-0.39, 0.29) is 0 Å². The van der Waals surface area contributed by atoms with E-state index in [2.05, 4.69) is 50.3 Å². The molecule has 0 radical (unpaired) electrons. The molecule has 0 bridgehead atoms. The van der Waals surface area contributed by atoms with Crippen LogP contribution in [0.5, 0.6) is 0 Å². The molecule has 0 aromatic carbocycles. The molecule has 0 N–H and O–H groups in total. The Bertz CT molecular complexity index is 149. The second-order valence-electron chi connectivity index (χ2n) is 5.55. The Hall–Kier alpha value is 1.53. The Morgan fingerprint density at radius 2 is 1.12 bits per heavy atom. The molecule has 0 nitrogen and oxygen atoms in total. The average Bonchev–Trinajstić information content (AvgIpc) is 2.37. The van der Waals surface area contributed by atoms with E-state index >= 15 is 0 Å². The molecule has 0 saturated heterocycles. The van der Waals surface area contributed by atoms with E-state index in [1.54, 1.807) is 13.3 Å². The van der Waals surface area contributed by atoms with E-state index in [1.807, 2.05) is 0 Å². The first kappa shape index (κ1) is 18.5. The molecule has 1 unspecified atom stereocenters. The molecule has 104 valence electrons. The minimum absolute atomic E-state index is 1.09. The van der Waals surface area contributed by atoms with E-state index < -0.39 is 18.4 Å². The summed E-state index contributed by atoms with van der Waals surface area (Å²) in [5.74, 6) is 0. The number of alkyl halides is 1. The Morgan fingerprint density at radius 3 is 1.35 bits per heavy atom. The third kappa shape index (κ3) is 7.03. The summed E-state index contributed by atoms with van der Waals surface area (Å²) in [5.41, 5.74) is 0. The molecule has 0 saturated carbocycles. The zero-order valence-corrected chi connectivity index (χ0v) is 17.5.